The zero-order chi connectivity index (χ0) is 13.2. The van der Waals surface area contributed by atoms with Crippen molar-refractivity contribution in [1.82, 2.24) is 0 Å². The number of carbonyl (C=O) groups is 1. The van der Waals surface area contributed by atoms with Crippen LogP contribution >= 0.6 is 11.6 Å². The Morgan fingerprint density at radius 3 is 2.56 bits per heavy atom. The summed E-state index contributed by atoms with van der Waals surface area (Å²) < 4.78 is 0. The summed E-state index contributed by atoms with van der Waals surface area (Å²) in [6, 6.07) is 7.62. The van der Waals surface area contributed by atoms with Gasteiger partial charge in [-0.1, -0.05) is 50.4 Å². The van der Waals surface area contributed by atoms with Gasteiger partial charge in [0.2, 0.25) is 0 Å². The van der Waals surface area contributed by atoms with E-state index in [4.69, 9.17) is 11.6 Å². The summed E-state index contributed by atoms with van der Waals surface area (Å²) in [6.45, 7) is 4.47. The molecule has 98 valence electrons. The van der Waals surface area contributed by atoms with Crippen molar-refractivity contribution in [3.8, 4) is 0 Å². The fourth-order valence-corrected chi connectivity index (χ4v) is 3.14. The van der Waals surface area contributed by atoms with Crippen LogP contribution in [0.15, 0.2) is 24.3 Å². The molecule has 1 aromatic rings. The summed E-state index contributed by atoms with van der Waals surface area (Å²) >= 11 is 5.86. The average molecular weight is 265 g/mol. The first-order valence-electron chi connectivity index (χ1n) is 6.76. The molecule has 0 spiro atoms. The lowest BCUT2D eigenvalue weighted by Gasteiger charge is -2.37. The lowest BCUT2D eigenvalue weighted by Crippen LogP contribution is -2.34. The number of ketones is 1. The van der Waals surface area contributed by atoms with E-state index < -0.39 is 0 Å². The molecule has 1 fully saturated rings. The normalized spacial score (nSPS) is 22.7. The maximum absolute atomic E-state index is 12.4. The molecule has 0 amide bonds. The van der Waals surface area contributed by atoms with Gasteiger partial charge in [0.25, 0.3) is 0 Å². The summed E-state index contributed by atoms with van der Waals surface area (Å²) in [7, 11) is 0. The molecule has 0 saturated heterocycles. The van der Waals surface area contributed by atoms with Gasteiger partial charge < -0.3 is 0 Å². The van der Waals surface area contributed by atoms with Crippen LogP contribution in [0.25, 0.3) is 0 Å². The van der Waals surface area contributed by atoms with E-state index in [1.165, 1.54) is 19.3 Å². The Morgan fingerprint density at radius 1 is 1.28 bits per heavy atom. The number of hydrogen-bond acceptors (Lipinski definition) is 1. The van der Waals surface area contributed by atoms with Gasteiger partial charge in [0.1, 0.15) is 5.78 Å². The number of halogens is 1. The molecular formula is C16H21ClO. The van der Waals surface area contributed by atoms with Crippen LogP contribution in [0.3, 0.4) is 0 Å². The molecule has 0 N–H and O–H groups in total. The van der Waals surface area contributed by atoms with Crippen LogP contribution < -0.4 is 0 Å². The quantitative estimate of drug-likeness (QED) is 0.775. The highest BCUT2D eigenvalue weighted by Gasteiger charge is 2.36. The minimum atomic E-state index is 0.168. The molecule has 0 radical (unpaired) electrons. The Kier molecular flexibility index (Phi) is 4.11. The van der Waals surface area contributed by atoms with E-state index in [0.717, 1.165) is 17.0 Å². The molecule has 0 bridgehead atoms. The zero-order valence-corrected chi connectivity index (χ0v) is 12.0. The molecule has 18 heavy (non-hydrogen) atoms. The molecule has 1 saturated carbocycles. The van der Waals surface area contributed by atoms with Gasteiger partial charge in [-0.05, 0) is 36.0 Å². The molecule has 1 nitrogen and oxygen atoms in total. The standard InChI is InChI=1S/C16H21ClO/c1-16(2)10-4-3-5-14(16)15(18)11-12-6-8-13(17)9-7-12/h6-9,14H,3-5,10-11H2,1-2H3. The zero-order valence-electron chi connectivity index (χ0n) is 11.2. The van der Waals surface area contributed by atoms with Crippen LogP contribution in [0, 0.1) is 11.3 Å². The Hall–Kier alpha value is -0.820. The van der Waals surface area contributed by atoms with Gasteiger partial charge in [0.05, 0.1) is 0 Å². The van der Waals surface area contributed by atoms with Crippen molar-refractivity contribution in [3.05, 3.63) is 34.9 Å². The second-order valence-corrected chi connectivity index (χ2v) is 6.49. The van der Waals surface area contributed by atoms with Crippen LogP contribution in [0.1, 0.15) is 45.1 Å². The van der Waals surface area contributed by atoms with Crippen molar-refractivity contribution >= 4 is 17.4 Å². The second kappa shape index (κ2) is 5.44. The van der Waals surface area contributed by atoms with Crippen molar-refractivity contribution in [3.63, 3.8) is 0 Å². The maximum Gasteiger partial charge on any atom is 0.140 e. The summed E-state index contributed by atoms with van der Waals surface area (Å²) in [6.07, 6.45) is 5.23. The predicted molar refractivity (Wildman–Crippen MR) is 75.9 cm³/mol. The maximum atomic E-state index is 12.4. The number of rotatable bonds is 3. The Morgan fingerprint density at radius 2 is 1.94 bits per heavy atom. The third-order valence-corrected chi connectivity index (χ3v) is 4.44. The number of benzene rings is 1. The molecule has 2 rings (SSSR count). The lowest BCUT2D eigenvalue weighted by atomic mass is 9.66. The number of Topliss-reactive ketones (excluding diaryl/α,β-unsaturated/α-hetero) is 1. The average Bonchev–Trinajstić information content (AvgIpc) is 2.31. The fraction of sp³-hybridized carbons (Fsp3) is 0.562. The SMILES string of the molecule is CC1(C)CCCCC1C(=O)Cc1ccc(Cl)cc1. The Balaban J connectivity index is 2.05. The van der Waals surface area contributed by atoms with Crippen LogP contribution in [0.4, 0.5) is 0 Å². The highest BCUT2D eigenvalue weighted by atomic mass is 35.5. The summed E-state index contributed by atoms with van der Waals surface area (Å²) in [5, 5.41) is 0.726. The van der Waals surface area contributed by atoms with Crippen molar-refractivity contribution in [2.75, 3.05) is 0 Å². The van der Waals surface area contributed by atoms with Gasteiger partial charge in [-0.3, -0.25) is 4.79 Å². The highest BCUT2D eigenvalue weighted by molar-refractivity contribution is 6.30. The van der Waals surface area contributed by atoms with Crippen molar-refractivity contribution in [2.45, 2.75) is 46.0 Å². The van der Waals surface area contributed by atoms with Crippen LogP contribution in [0.2, 0.25) is 5.02 Å². The molecule has 1 atom stereocenters. The van der Waals surface area contributed by atoms with E-state index in [0.29, 0.717) is 12.2 Å². The Labute approximate surface area is 115 Å². The van der Waals surface area contributed by atoms with E-state index in [1.54, 1.807) is 0 Å². The van der Waals surface area contributed by atoms with Crippen LogP contribution in [0.5, 0.6) is 0 Å². The van der Waals surface area contributed by atoms with Crippen molar-refractivity contribution in [2.24, 2.45) is 11.3 Å². The topological polar surface area (TPSA) is 17.1 Å². The third-order valence-electron chi connectivity index (χ3n) is 4.19. The highest BCUT2D eigenvalue weighted by Crippen LogP contribution is 2.41. The van der Waals surface area contributed by atoms with Crippen LogP contribution in [-0.4, -0.2) is 5.78 Å². The Bertz CT molecular complexity index is 419. The molecular weight excluding hydrogens is 244 g/mol. The third kappa shape index (κ3) is 3.14. The van der Waals surface area contributed by atoms with Gasteiger partial charge >= 0.3 is 0 Å². The van der Waals surface area contributed by atoms with E-state index in [1.807, 2.05) is 24.3 Å². The second-order valence-electron chi connectivity index (χ2n) is 6.06. The van der Waals surface area contributed by atoms with Gasteiger partial charge in [0.15, 0.2) is 0 Å². The largest absolute Gasteiger partial charge is 0.299 e. The molecule has 1 aliphatic rings. The molecule has 0 aromatic heterocycles. The molecule has 1 aliphatic carbocycles. The molecule has 0 aliphatic heterocycles. The molecule has 2 heteroatoms. The molecule has 1 aromatic carbocycles. The minimum absolute atomic E-state index is 0.168. The summed E-state index contributed by atoms with van der Waals surface area (Å²) in [5.74, 6) is 0.615. The lowest BCUT2D eigenvalue weighted by molar-refractivity contribution is -0.127. The predicted octanol–water partition coefficient (Wildman–Crippen LogP) is 4.67. The van der Waals surface area contributed by atoms with Gasteiger partial charge in [0, 0.05) is 17.4 Å². The number of carbonyl (C=O) groups excluding carboxylic acids is 1. The van der Waals surface area contributed by atoms with Crippen molar-refractivity contribution in [1.29, 1.82) is 0 Å². The monoisotopic (exact) mass is 264 g/mol. The smallest absolute Gasteiger partial charge is 0.140 e. The van der Waals surface area contributed by atoms with Gasteiger partial charge in [-0.2, -0.15) is 0 Å². The summed E-state index contributed by atoms with van der Waals surface area (Å²) in [4.78, 5) is 12.4. The van der Waals surface area contributed by atoms with Gasteiger partial charge in [-0.25, -0.2) is 0 Å². The van der Waals surface area contributed by atoms with E-state index in [-0.39, 0.29) is 11.3 Å². The molecule has 0 heterocycles. The molecule has 1 unspecified atom stereocenters. The summed E-state index contributed by atoms with van der Waals surface area (Å²) in [5.41, 5.74) is 1.24. The number of hydrogen-bond donors (Lipinski definition) is 0. The van der Waals surface area contributed by atoms with Crippen LogP contribution in [-0.2, 0) is 11.2 Å². The minimum Gasteiger partial charge on any atom is -0.299 e. The fourth-order valence-electron chi connectivity index (χ4n) is 3.02. The first-order chi connectivity index (χ1) is 8.49. The first kappa shape index (κ1) is 13.6. The van der Waals surface area contributed by atoms with E-state index in [2.05, 4.69) is 13.8 Å². The van der Waals surface area contributed by atoms with Crippen molar-refractivity contribution < 1.29 is 4.79 Å². The first-order valence-corrected chi connectivity index (χ1v) is 7.14. The van der Waals surface area contributed by atoms with Gasteiger partial charge in [-0.15, -0.1) is 0 Å². The van der Waals surface area contributed by atoms with E-state index >= 15 is 0 Å². The van der Waals surface area contributed by atoms with E-state index in [9.17, 15) is 4.79 Å².